The Balaban J connectivity index is 1.44. The molecule has 3 amide bonds. The second-order valence-electron chi connectivity index (χ2n) is 7.24. The van der Waals surface area contributed by atoms with Crippen molar-refractivity contribution < 1.29 is 23.9 Å². The third-order valence-electron chi connectivity index (χ3n) is 5.22. The molecule has 0 aromatic carbocycles. The summed E-state index contributed by atoms with van der Waals surface area (Å²) in [6, 6.07) is 3.30. The Morgan fingerprint density at radius 2 is 2.18 bits per heavy atom. The highest BCUT2D eigenvalue weighted by Crippen LogP contribution is 2.39. The topological polar surface area (TPSA) is 101 Å². The van der Waals surface area contributed by atoms with Gasteiger partial charge in [0, 0.05) is 38.1 Å². The summed E-state index contributed by atoms with van der Waals surface area (Å²) >= 11 is 0. The maximum absolute atomic E-state index is 12.9. The van der Waals surface area contributed by atoms with E-state index in [1.807, 2.05) is 6.07 Å². The van der Waals surface area contributed by atoms with Crippen molar-refractivity contribution in [3.8, 4) is 0 Å². The van der Waals surface area contributed by atoms with Gasteiger partial charge in [0.05, 0.1) is 12.6 Å². The number of pyridine rings is 1. The normalized spacial score (nSPS) is 25.4. The number of ether oxygens (including phenoxy) is 2. The van der Waals surface area contributed by atoms with E-state index < -0.39 is 12.1 Å². The molecule has 1 aromatic heterocycles. The van der Waals surface area contributed by atoms with Crippen molar-refractivity contribution in [2.75, 3.05) is 32.8 Å². The summed E-state index contributed by atoms with van der Waals surface area (Å²) in [6.07, 6.45) is 4.83. The molecule has 1 saturated carbocycles. The Labute approximate surface area is 163 Å². The number of nitrogens with zero attached hydrogens (tertiary/aromatic N) is 3. The average molecular weight is 388 g/mol. The van der Waals surface area contributed by atoms with Crippen LogP contribution in [0.15, 0.2) is 24.5 Å². The smallest absolute Gasteiger partial charge is 0.409 e. The summed E-state index contributed by atoms with van der Waals surface area (Å²) in [7, 11) is 0. The summed E-state index contributed by atoms with van der Waals surface area (Å²) in [5, 5.41) is 2.84. The molecule has 0 unspecified atom stereocenters. The van der Waals surface area contributed by atoms with E-state index in [2.05, 4.69) is 10.3 Å². The number of amides is 3. The molecule has 2 atom stereocenters. The van der Waals surface area contributed by atoms with Crippen molar-refractivity contribution in [3.05, 3.63) is 30.1 Å². The second-order valence-corrected chi connectivity index (χ2v) is 7.24. The zero-order chi connectivity index (χ0) is 19.5. The van der Waals surface area contributed by atoms with E-state index in [0.29, 0.717) is 26.2 Å². The van der Waals surface area contributed by atoms with Crippen molar-refractivity contribution in [2.24, 2.45) is 0 Å². The summed E-state index contributed by atoms with van der Waals surface area (Å²) in [6.45, 7) is 1.63. The van der Waals surface area contributed by atoms with Crippen LogP contribution in [-0.2, 0) is 19.1 Å². The molecule has 1 aromatic rings. The summed E-state index contributed by atoms with van der Waals surface area (Å²) in [4.78, 5) is 44.5. The number of hydrogen-bond donors (Lipinski definition) is 1. The highest BCUT2D eigenvalue weighted by Gasteiger charge is 2.47. The predicted octanol–water partition coefficient (Wildman–Crippen LogP) is 0.471. The lowest BCUT2D eigenvalue weighted by Crippen LogP contribution is -2.55. The van der Waals surface area contributed by atoms with Gasteiger partial charge in [0.15, 0.2) is 6.10 Å². The van der Waals surface area contributed by atoms with Crippen LogP contribution in [0.5, 0.6) is 0 Å². The molecular formula is C19H24N4O5. The zero-order valence-electron chi connectivity index (χ0n) is 15.6. The van der Waals surface area contributed by atoms with Gasteiger partial charge in [-0.05, 0) is 30.9 Å². The number of rotatable bonds is 6. The van der Waals surface area contributed by atoms with Gasteiger partial charge in [0.2, 0.25) is 5.91 Å². The number of carbonyl (C=O) groups excluding carboxylic acids is 3. The third-order valence-corrected chi connectivity index (χ3v) is 5.22. The highest BCUT2D eigenvalue weighted by molar-refractivity contribution is 5.86. The van der Waals surface area contributed by atoms with Gasteiger partial charge in [0.1, 0.15) is 6.61 Å². The predicted molar refractivity (Wildman–Crippen MR) is 97.1 cm³/mol. The molecule has 0 spiro atoms. The van der Waals surface area contributed by atoms with E-state index in [4.69, 9.17) is 9.47 Å². The molecular weight excluding hydrogens is 364 g/mol. The second kappa shape index (κ2) is 8.14. The van der Waals surface area contributed by atoms with E-state index >= 15 is 0 Å². The molecule has 2 aliphatic heterocycles. The van der Waals surface area contributed by atoms with Crippen LogP contribution in [0.1, 0.15) is 30.9 Å². The molecule has 0 bridgehead atoms. The maximum atomic E-state index is 12.9. The summed E-state index contributed by atoms with van der Waals surface area (Å²) < 4.78 is 10.7. The van der Waals surface area contributed by atoms with Crippen LogP contribution >= 0.6 is 0 Å². The minimum absolute atomic E-state index is 0.100. The first-order chi connectivity index (χ1) is 13.6. The maximum Gasteiger partial charge on any atom is 0.409 e. The molecule has 3 fully saturated rings. The summed E-state index contributed by atoms with van der Waals surface area (Å²) in [5.41, 5.74) is 0.780. The van der Waals surface area contributed by atoms with Crippen LogP contribution in [0.2, 0.25) is 0 Å². The van der Waals surface area contributed by atoms with Crippen LogP contribution in [0.3, 0.4) is 0 Å². The lowest BCUT2D eigenvalue weighted by molar-refractivity contribution is -0.165. The van der Waals surface area contributed by atoms with Crippen LogP contribution in [0, 0.1) is 0 Å². The summed E-state index contributed by atoms with van der Waals surface area (Å²) in [5.74, 6) is -0.395. The first kappa shape index (κ1) is 18.7. The fraction of sp³-hybridized carbons (Fsp3) is 0.579. The van der Waals surface area contributed by atoms with E-state index in [1.165, 1.54) is 0 Å². The van der Waals surface area contributed by atoms with E-state index in [-0.39, 0.29) is 30.6 Å². The van der Waals surface area contributed by atoms with Crippen molar-refractivity contribution in [3.63, 3.8) is 0 Å². The fourth-order valence-electron chi connectivity index (χ4n) is 3.73. The van der Waals surface area contributed by atoms with Gasteiger partial charge in [-0.25, -0.2) is 4.79 Å². The lowest BCUT2D eigenvalue weighted by Gasteiger charge is -2.40. The molecule has 9 nitrogen and oxygen atoms in total. The number of cyclic esters (lactones) is 1. The Morgan fingerprint density at radius 1 is 1.32 bits per heavy atom. The molecule has 0 radical (unpaired) electrons. The van der Waals surface area contributed by atoms with Crippen molar-refractivity contribution in [1.82, 2.24) is 20.1 Å². The standard InChI is InChI=1S/C19H24N4O5/c24-15-12-28-17(18(25)21-7-9-22-8-2-10-27-19(22)26)16(23(15)14-4-5-14)13-3-1-6-20-11-13/h1,3,6,11,14,16-17H,2,4-5,7-10,12H2,(H,21,25)/t16-,17+/m1/s1. The Morgan fingerprint density at radius 3 is 2.89 bits per heavy atom. The van der Waals surface area contributed by atoms with Crippen LogP contribution in [0.4, 0.5) is 4.79 Å². The lowest BCUT2D eigenvalue weighted by atomic mass is 9.98. The quantitative estimate of drug-likeness (QED) is 0.760. The largest absolute Gasteiger partial charge is 0.449 e. The molecule has 3 heterocycles. The number of carbonyl (C=O) groups is 3. The van der Waals surface area contributed by atoms with Gasteiger partial charge in [-0.15, -0.1) is 0 Å². The molecule has 4 rings (SSSR count). The van der Waals surface area contributed by atoms with Gasteiger partial charge in [-0.3, -0.25) is 14.6 Å². The Kier molecular flexibility index (Phi) is 5.43. The molecule has 9 heteroatoms. The van der Waals surface area contributed by atoms with Crippen LogP contribution in [0.25, 0.3) is 0 Å². The monoisotopic (exact) mass is 388 g/mol. The fourth-order valence-corrected chi connectivity index (χ4v) is 3.73. The molecule has 2 saturated heterocycles. The zero-order valence-corrected chi connectivity index (χ0v) is 15.6. The minimum atomic E-state index is -0.809. The number of aromatic nitrogens is 1. The van der Waals surface area contributed by atoms with E-state index in [1.54, 1.807) is 28.3 Å². The van der Waals surface area contributed by atoms with Crippen molar-refractivity contribution in [2.45, 2.75) is 37.5 Å². The molecule has 3 aliphatic rings. The van der Waals surface area contributed by atoms with Gasteiger partial charge in [-0.1, -0.05) is 6.07 Å². The molecule has 1 aliphatic carbocycles. The minimum Gasteiger partial charge on any atom is -0.449 e. The van der Waals surface area contributed by atoms with Crippen molar-refractivity contribution in [1.29, 1.82) is 0 Å². The third kappa shape index (κ3) is 3.94. The van der Waals surface area contributed by atoms with Crippen LogP contribution in [-0.4, -0.2) is 77.7 Å². The first-order valence-corrected chi connectivity index (χ1v) is 9.67. The van der Waals surface area contributed by atoms with Gasteiger partial charge < -0.3 is 24.6 Å². The molecule has 150 valence electrons. The van der Waals surface area contributed by atoms with E-state index in [9.17, 15) is 14.4 Å². The SMILES string of the molecule is O=C(NCCN1CCCOC1=O)[C@H]1OCC(=O)N(C2CC2)[C@@H]1c1cccnc1. The van der Waals surface area contributed by atoms with Gasteiger partial charge in [-0.2, -0.15) is 0 Å². The number of hydrogen-bond acceptors (Lipinski definition) is 6. The van der Waals surface area contributed by atoms with Gasteiger partial charge in [0.25, 0.3) is 5.91 Å². The van der Waals surface area contributed by atoms with Gasteiger partial charge >= 0.3 is 6.09 Å². The molecule has 1 N–H and O–H groups in total. The van der Waals surface area contributed by atoms with Crippen LogP contribution < -0.4 is 5.32 Å². The number of morpholine rings is 1. The Bertz CT molecular complexity index is 739. The average Bonchev–Trinajstić information content (AvgIpc) is 3.54. The Hall–Kier alpha value is -2.68. The first-order valence-electron chi connectivity index (χ1n) is 9.67. The highest BCUT2D eigenvalue weighted by atomic mass is 16.6. The molecule has 28 heavy (non-hydrogen) atoms. The number of nitrogens with one attached hydrogen (secondary N) is 1. The van der Waals surface area contributed by atoms with Crippen molar-refractivity contribution >= 4 is 17.9 Å². The van der Waals surface area contributed by atoms with E-state index in [0.717, 1.165) is 24.8 Å².